The fourth-order valence-corrected chi connectivity index (χ4v) is 3.24. The Hall–Kier alpha value is -2.74. The van der Waals surface area contributed by atoms with Gasteiger partial charge in [0.1, 0.15) is 5.82 Å². The van der Waals surface area contributed by atoms with Gasteiger partial charge in [0.15, 0.2) is 5.82 Å². The number of carbonyl (C=O) groups is 1. The molecule has 7 nitrogen and oxygen atoms in total. The second-order valence-electron chi connectivity index (χ2n) is 6.45. The lowest BCUT2D eigenvalue weighted by Crippen LogP contribution is -2.22. The average Bonchev–Trinajstić information content (AvgIpc) is 3.18. The fourth-order valence-electron chi connectivity index (χ4n) is 3.24. The van der Waals surface area contributed by atoms with Crippen LogP contribution in [0.2, 0.25) is 0 Å². The fraction of sp³-hybridized carbons (Fsp3) is 0.250. The summed E-state index contributed by atoms with van der Waals surface area (Å²) in [4.78, 5) is 16.7. The molecule has 0 bridgehead atoms. The number of aromatic amines is 1. The Morgan fingerprint density at radius 1 is 1.21 bits per heavy atom. The Morgan fingerprint density at radius 2 is 2.00 bits per heavy atom. The molecule has 0 radical (unpaired) electrons. The lowest BCUT2D eigenvalue weighted by molar-refractivity contribution is -0.119. The van der Waals surface area contributed by atoms with Gasteiger partial charge in [-0.05, 0) is 41.8 Å². The Morgan fingerprint density at radius 3 is 2.75 bits per heavy atom. The number of benzene rings is 2. The van der Waals surface area contributed by atoms with Crippen LogP contribution in [0.25, 0.3) is 11.4 Å². The molecule has 0 spiro atoms. The molecule has 1 aliphatic heterocycles. The minimum atomic E-state index is -0.197. The van der Waals surface area contributed by atoms with Crippen molar-refractivity contribution < 1.29 is 9.53 Å². The summed E-state index contributed by atoms with van der Waals surface area (Å²) in [5, 5.41) is 9.84. The maximum atomic E-state index is 12.5. The second kappa shape index (κ2) is 8.97. The molecule has 1 amide bonds. The summed E-state index contributed by atoms with van der Waals surface area (Å²) in [6, 6.07) is 15.5. The standard InChI is InChI=1S/C20H21N5O2.ClH/c21-12-18-23-20(25-24-18)14-5-7-15(8-6-14)22-19(26)11-17-16-4-2-1-3-13(16)9-10-27-17;/h1-8,17H,9-12,21H2,(H,22,26)(H,23,24,25);1H. The van der Waals surface area contributed by atoms with E-state index >= 15 is 0 Å². The molecule has 1 unspecified atom stereocenters. The first-order chi connectivity index (χ1) is 13.2. The van der Waals surface area contributed by atoms with Crippen molar-refractivity contribution in [2.75, 3.05) is 11.9 Å². The summed E-state index contributed by atoms with van der Waals surface area (Å²) in [6.07, 6.45) is 0.986. The average molecular weight is 400 g/mol. The number of ether oxygens (including phenoxy) is 1. The molecule has 0 fully saturated rings. The molecular weight excluding hydrogens is 378 g/mol. The third-order valence-electron chi connectivity index (χ3n) is 4.62. The number of nitrogens with zero attached hydrogens (tertiary/aromatic N) is 2. The minimum absolute atomic E-state index is 0. The summed E-state index contributed by atoms with van der Waals surface area (Å²) in [7, 11) is 0. The van der Waals surface area contributed by atoms with Crippen LogP contribution in [-0.4, -0.2) is 27.7 Å². The SMILES string of the molecule is Cl.NCc1nc(-c2ccc(NC(=O)CC3OCCc4ccccc43)cc2)n[nH]1. The minimum Gasteiger partial charge on any atom is -0.373 e. The quantitative estimate of drug-likeness (QED) is 0.611. The highest BCUT2D eigenvalue weighted by molar-refractivity contribution is 5.91. The van der Waals surface area contributed by atoms with E-state index < -0.39 is 0 Å². The van der Waals surface area contributed by atoms with Gasteiger partial charge in [0.2, 0.25) is 5.91 Å². The maximum Gasteiger partial charge on any atom is 0.227 e. The molecule has 0 saturated heterocycles. The van der Waals surface area contributed by atoms with E-state index in [1.807, 2.05) is 42.5 Å². The number of carbonyl (C=O) groups excluding carboxylic acids is 1. The van der Waals surface area contributed by atoms with Gasteiger partial charge in [-0.3, -0.25) is 9.89 Å². The van der Waals surface area contributed by atoms with E-state index in [9.17, 15) is 4.79 Å². The Labute approximate surface area is 169 Å². The summed E-state index contributed by atoms with van der Waals surface area (Å²) in [5.74, 6) is 1.14. The first kappa shape index (κ1) is 20.0. The Balaban J connectivity index is 0.00000225. The number of nitrogens with two attached hydrogens (primary N) is 1. The van der Waals surface area contributed by atoms with Gasteiger partial charge in [0.05, 0.1) is 25.7 Å². The van der Waals surface area contributed by atoms with Crippen molar-refractivity contribution in [3.05, 3.63) is 65.5 Å². The highest BCUT2D eigenvalue weighted by Gasteiger charge is 2.23. The van der Waals surface area contributed by atoms with Crippen LogP contribution in [0.1, 0.15) is 29.5 Å². The third-order valence-corrected chi connectivity index (χ3v) is 4.62. The van der Waals surface area contributed by atoms with Crippen LogP contribution in [0.4, 0.5) is 5.69 Å². The number of amides is 1. The van der Waals surface area contributed by atoms with E-state index in [0.29, 0.717) is 31.2 Å². The largest absolute Gasteiger partial charge is 0.373 e. The Kier molecular flexibility index (Phi) is 6.41. The van der Waals surface area contributed by atoms with Gasteiger partial charge < -0.3 is 15.8 Å². The molecule has 28 heavy (non-hydrogen) atoms. The van der Waals surface area contributed by atoms with Crippen LogP contribution in [0.5, 0.6) is 0 Å². The van der Waals surface area contributed by atoms with Crippen LogP contribution < -0.4 is 11.1 Å². The number of nitrogens with one attached hydrogen (secondary N) is 2. The molecule has 0 aliphatic carbocycles. The van der Waals surface area contributed by atoms with Crippen molar-refractivity contribution in [1.29, 1.82) is 0 Å². The molecule has 2 heterocycles. The predicted octanol–water partition coefficient (Wildman–Crippen LogP) is 2.99. The zero-order valence-corrected chi connectivity index (χ0v) is 16.0. The number of hydrogen-bond donors (Lipinski definition) is 3. The van der Waals surface area contributed by atoms with Crippen molar-refractivity contribution in [2.24, 2.45) is 5.73 Å². The first-order valence-electron chi connectivity index (χ1n) is 8.94. The van der Waals surface area contributed by atoms with Crippen molar-refractivity contribution in [3.8, 4) is 11.4 Å². The molecule has 1 aliphatic rings. The van der Waals surface area contributed by atoms with Gasteiger partial charge in [-0.25, -0.2) is 4.98 Å². The normalized spacial score (nSPS) is 15.4. The summed E-state index contributed by atoms with van der Waals surface area (Å²) in [5.41, 5.74) is 9.48. The lowest BCUT2D eigenvalue weighted by atomic mass is 9.95. The highest BCUT2D eigenvalue weighted by Crippen LogP contribution is 2.29. The Bertz CT molecular complexity index is 942. The molecule has 3 aromatic rings. The van der Waals surface area contributed by atoms with Crippen LogP contribution in [-0.2, 0) is 22.5 Å². The number of aromatic nitrogens is 3. The summed E-state index contributed by atoms with van der Waals surface area (Å²) >= 11 is 0. The van der Waals surface area contributed by atoms with Crippen molar-refractivity contribution in [2.45, 2.75) is 25.5 Å². The lowest BCUT2D eigenvalue weighted by Gasteiger charge is -2.25. The van der Waals surface area contributed by atoms with Crippen LogP contribution >= 0.6 is 12.4 Å². The van der Waals surface area contributed by atoms with Gasteiger partial charge in [0.25, 0.3) is 0 Å². The molecule has 1 atom stereocenters. The second-order valence-corrected chi connectivity index (χ2v) is 6.45. The number of halogens is 1. The molecule has 2 aromatic carbocycles. The van der Waals surface area contributed by atoms with E-state index in [2.05, 4.69) is 26.6 Å². The van der Waals surface area contributed by atoms with Gasteiger partial charge >= 0.3 is 0 Å². The zero-order chi connectivity index (χ0) is 18.6. The number of anilines is 1. The number of rotatable bonds is 5. The molecule has 4 rings (SSSR count). The van der Waals surface area contributed by atoms with Crippen molar-refractivity contribution in [3.63, 3.8) is 0 Å². The third kappa shape index (κ3) is 4.39. The van der Waals surface area contributed by atoms with E-state index in [-0.39, 0.29) is 24.4 Å². The first-order valence-corrected chi connectivity index (χ1v) is 8.94. The van der Waals surface area contributed by atoms with Crippen LogP contribution in [0.15, 0.2) is 48.5 Å². The number of fused-ring (bicyclic) bond motifs is 1. The van der Waals surface area contributed by atoms with Crippen molar-refractivity contribution >= 4 is 24.0 Å². The molecule has 8 heteroatoms. The van der Waals surface area contributed by atoms with E-state index in [0.717, 1.165) is 23.2 Å². The van der Waals surface area contributed by atoms with E-state index in [1.165, 1.54) is 5.56 Å². The summed E-state index contributed by atoms with van der Waals surface area (Å²) in [6.45, 7) is 0.957. The monoisotopic (exact) mass is 399 g/mol. The van der Waals surface area contributed by atoms with E-state index in [4.69, 9.17) is 10.5 Å². The van der Waals surface area contributed by atoms with Gasteiger partial charge in [0, 0.05) is 11.3 Å². The maximum absolute atomic E-state index is 12.5. The van der Waals surface area contributed by atoms with Crippen LogP contribution in [0, 0.1) is 0 Å². The highest BCUT2D eigenvalue weighted by atomic mass is 35.5. The smallest absolute Gasteiger partial charge is 0.227 e. The zero-order valence-electron chi connectivity index (χ0n) is 15.2. The van der Waals surface area contributed by atoms with Gasteiger partial charge in [-0.1, -0.05) is 24.3 Å². The molecule has 4 N–H and O–H groups in total. The molecule has 1 aromatic heterocycles. The van der Waals surface area contributed by atoms with Gasteiger partial charge in [-0.2, -0.15) is 5.10 Å². The summed E-state index contributed by atoms with van der Waals surface area (Å²) < 4.78 is 5.81. The van der Waals surface area contributed by atoms with E-state index in [1.54, 1.807) is 0 Å². The molecular formula is C20H22ClN5O2. The van der Waals surface area contributed by atoms with Crippen LogP contribution in [0.3, 0.4) is 0 Å². The van der Waals surface area contributed by atoms with Crippen molar-refractivity contribution in [1.82, 2.24) is 15.2 Å². The molecule has 0 saturated carbocycles. The predicted molar refractivity (Wildman–Crippen MR) is 109 cm³/mol. The number of hydrogen-bond acceptors (Lipinski definition) is 5. The van der Waals surface area contributed by atoms with Gasteiger partial charge in [-0.15, -0.1) is 12.4 Å². The number of H-pyrrole nitrogens is 1. The molecule has 146 valence electrons. The topological polar surface area (TPSA) is 106 Å².